The maximum atomic E-state index is 12.7. The zero-order valence-electron chi connectivity index (χ0n) is 15.3. The van der Waals surface area contributed by atoms with Gasteiger partial charge in [-0.1, -0.05) is 18.2 Å². The smallest absolute Gasteiger partial charge is 0.338 e. The SMILES string of the molecule is C[C@@H](OC(=O)c1cccc(S(=O)(=O)N2CCCC2)c1)c1cccc([N+](=O)[O-])c1. The van der Waals surface area contributed by atoms with Gasteiger partial charge in [-0.2, -0.15) is 4.31 Å². The van der Waals surface area contributed by atoms with E-state index < -0.39 is 27.0 Å². The van der Waals surface area contributed by atoms with Crippen LogP contribution in [0.2, 0.25) is 0 Å². The van der Waals surface area contributed by atoms with Crippen molar-refractivity contribution in [1.82, 2.24) is 4.31 Å². The molecule has 0 unspecified atom stereocenters. The van der Waals surface area contributed by atoms with E-state index in [0.29, 0.717) is 18.7 Å². The highest BCUT2D eigenvalue weighted by Gasteiger charge is 2.28. The third kappa shape index (κ3) is 4.20. The molecule has 8 nitrogen and oxygen atoms in total. The van der Waals surface area contributed by atoms with Crippen molar-refractivity contribution in [2.45, 2.75) is 30.8 Å². The molecule has 0 saturated carbocycles. The van der Waals surface area contributed by atoms with Crippen LogP contribution in [0.15, 0.2) is 53.4 Å². The molecule has 0 N–H and O–H groups in total. The van der Waals surface area contributed by atoms with Crippen molar-refractivity contribution in [3.05, 3.63) is 69.8 Å². The number of esters is 1. The maximum absolute atomic E-state index is 12.7. The van der Waals surface area contributed by atoms with E-state index in [1.54, 1.807) is 13.0 Å². The third-order valence-electron chi connectivity index (χ3n) is 4.61. The van der Waals surface area contributed by atoms with Crippen molar-refractivity contribution < 1.29 is 22.9 Å². The lowest BCUT2D eigenvalue weighted by molar-refractivity contribution is -0.385. The van der Waals surface area contributed by atoms with Gasteiger partial charge in [-0.15, -0.1) is 0 Å². The summed E-state index contributed by atoms with van der Waals surface area (Å²) in [4.78, 5) is 22.9. The van der Waals surface area contributed by atoms with E-state index in [4.69, 9.17) is 4.74 Å². The van der Waals surface area contributed by atoms with Crippen LogP contribution in [0, 0.1) is 10.1 Å². The van der Waals surface area contributed by atoms with Crippen LogP contribution in [0.25, 0.3) is 0 Å². The highest BCUT2D eigenvalue weighted by atomic mass is 32.2. The minimum absolute atomic E-state index is 0.0480. The van der Waals surface area contributed by atoms with Gasteiger partial charge in [0.25, 0.3) is 5.69 Å². The maximum Gasteiger partial charge on any atom is 0.338 e. The molecule has 1 heterocycles. The first-order valence-corrected chi connectivity index (χ1v) is 10.3. The number of sulfonamides is 1. The molecular formula is C19H20N2O6S. The van der Waals surface area contributed by atoms with Crippen LogP contribution < -0.4 is 0 Å². The predicted octanol–water partition coefficient (Wildman–Crippen LogP) is 3.30. The van der Waals surface area contributed by atoms with Crippen molar-refractivity contribution in [3.8, 4) is 0 Å². The number of carbonyl (C=O) groups is 1. The average molecular weight is 404 g/mol. The quantitative estimate of drug-likeness (QED) is 0.415. The molecule has 0 aromatic heterocycles. The first-order chi connectivity index (χ1) is 13.3. The van der Waals surface area contributed by atoms with E-state index in [2.05, 4.69) is 0 Å². The first-order valence-electron chi connectivity index (χ1n) is 8.84. The lowest BCUT2D eigenvalue weighted by Crippen LogP contribution is -2.28. The molecule has 2 aromatic carbocycles. The van der Waals surface area contributed by atoms with Crippen LogP contribution in [0.4, 0.5) is 5.69 Å². The Hall–Kier alpha value is -2.78. The van der Waals surface area contributed by atoms with Crippen LogP contribution in [0.1, 0.15) is 41.8 Å². The summed E-state index contributed by atoms with van der Waals surface area (Å²) >= 11 is 0. The Balaban J connectivity index is 1.78. The molecular weight excluding hydrogens is 384 g/mol. The Labute approximate surface area is 162 Å². The second-order valence-corrected chi connectivity index (χ2v) is 8.48. The largest absolute Gasteiger partial charge is 0.454 e. The van der Waals surface area contributed by atoms with Gasteiger partial charge in [-0.3, -0.25) is 10.1 Å². The summed E-state index contributed by atoms with van der Waals surface area (Å²) in [7, 11) is -3.64. The zero-order chi connectivity index (χ0) is 20.3. The van der Waals surface area contributed by atoms with Crippen molar-refractivity contribution in [2.75, 3.05) is 13.1 Å². The highest BCUT2D eigenvalue weighted by Crippen LogP contribution is 2.25. The Morgan fingerprint density at radius 2 is 1.82 bits per heavy atom. The molecule has 28 heavy (non-hydrogen) atoms. The monoisotopic (exact) mass is 404 g/mol. The van der Waals surface area contributed by atoms with Gasteiger partial charge in [0, 0.05) is 25.2 Å². The molecule has 1 aliphatic heterocycles. The first kappa shape index (κ1) is 20.0. The molecule has 0 bridgehead atoms. The predicted molar refractivity (Wildman–Crippen MR) is 101 cm³/mol. The number of non-ortho nitro benzene ring substituents is 1. The molecule has 1 saturated heterocycles. The van der Waals surface area contributed by atoms with E-state index in [-0.39, 0.29) is 16.1 Å². The number of nitrogens with zero attached hydrogens (tertiary/aromatic N) is 2. The molecule has 1 aliphatic rings. The van der Waals surface area contributed by atoms with Crippen LogP contribution in [-0.2, 0) is 14.8 Å². The van der Waals surface area contributed by atoms with E-state index in [1.807, 2.05) is 0 Å². The Bertz CT molecular complexity index is 999. The number of nitro groups is 1. The Morgan fingerprint density at radius 3 is 2.50 bits per heavy atom. The summed E-state index contributed by atoms with van der Waals surface area (Å²) in [5.41, 5.74) is 0.486. The van der Waals surface area contributed by atoms with Gasteiger partial charge in [-0.25, -0.2) is 13.2 Å². The van der Waals surface area contributed by atoms with Crippen LogP contribution in [-0.4, -0.2) is 36.7 Å². The van der Waals surface area contributed by atoms with Gasteiger partial charge >= 0.3 is 5.97 Å². The number of hydrogen-bond donors (Lipinski definition) is 0. The van der Waals surface area contributed by atoms with Crippen molar-refractivity contribution in [3.63, 3.8) is 0 Å². The molecule has 1 atom stereocenters. The minimum Gasteiger partial charge on any atom is -0.454 e. The van der Waals surface area contributed by atoms with Gasteiger partial charge in [0.2, 0.25) is 10.0 Å². The standard InChI is InChI=1S/C19H20N2O6S/c1-14(15-6-4-8-17(12-15)21(23)24)27-19(22)16-7-5-9-18(13-16)28(25,26)20-10-2-3-11-20/h4-9,12-14H,2-3,10-11H2,1H3/t14-/m1/s1. The molecule has 1 fully saturated rings. The van der Waals surface area contributed by atoms with Gasteiger partial charge in [0.1, 0.15) is 6.10 Å². The molecule has 0 aliphatic carbocycles. The summed E-state index contributed by atoms with van der Waals surface area (Å²) in [5, 5.41) is 10.9. The van der Waals surface area contributed by atoms with E-state index >= 15 is 0 Å². The number of rotatable bonds is 6. The molecule has 9 heteroatoms. The van der Waals surface area contributed by atoms with Crippen molar-refractivity contribution in [1.29, 1.82) is 0 Å². The third-order valence-corrected chi connectivity index (χ3v) is 6.50. The van der Waals surface area contributed by atoms with E-state index in [9.17, 15) is 23.3 Å². The fourth-order valence-electron chi connectivity index (χ4n) is 3.05. The fraction of sp³-hybridized carbons (Fsp3) is 0.316. The molecule has 0 radical (unpaired) electrons. The molecule has 3 rings (SSSR count). The van der Waals surface area contributed by atoms with Crippen LogP contribution in [0.5, 0.6) is 0 Å². The molecule has 0 amide bonds. The average Bonchev–Trinajstić information content (AvgIpc) is 3.24. The fourth-order valence-corrected chi connectivity index (χ4v) is 4.61. The second-order valence-electron chi connectivity index (χ2n) is 6.54. The lowest BCUT2D eigenvalue weighted by Gasteiger charge is -2.17. The summed E-state index contributed by atoms with van der Waals surface area (Å²) in [6, 6.07) is 11.6. The number of hydrogen-bond acceptors (Lipinski definition) is 6. The summed E-state index contributed by atoms with van der Waals surface area (Å²) in [6.45, 7) is 2.55. The number of carbonyl (C=O) groups excluding carboxylic acids is 1. The zero-order valence-corrected chi connectivity index (χ0v) is 16.1. The summed E-state index contributed by atoms with van der Waals surface area (Å²) < 4.78 is 32.1. The van der Waals surface area contributed by atoms with Crippen LogP contribution in [0.3, 0.4) is 0 Å². The number of nitro benzene ring substituents is 1. The van der Waals surface area contributed by atoms with Crippen molar-refractivity contribution in [2.24, 2.45) is 0 Å². The summed E-state index contributed by atoms with van der Waals surface area (Å²) in [6.07, 6.45) is 0.912. The van der Waals surface area contributed by atoms with Crippen LogP contribution >= 0.6 is 0 Å². The number of ether oxygens (including phenoxy) is 1. The summed E-state index contributed by atoms with van der Waals surface area (Å²) in [5.74, 6) is -0.697. The minimum atomic E-state index is -3.64. The Morgan fingerprint density at radius 1 is 1.14 bits per heavy atom. The molecule has 2 aromatic rings. The Kier molecular flexibility index (Phi) is 5.76. The van der Waals surface area contributed by atoms with Gasteiger partial charge < -0.3 is 4.74 Å². The second kappa shape index (κ2) is 8.07. The number of benzene rings is 2. The van der Waals surface area contributed by atoms with Crippen molar-refractivity contribution >= 4 is 21.7 Å². The highest BCUT2D eigenvalue weighted by molar-refractivity contribution is 7.89. The molecule has 148 valence electrons. The van der Waals surface area contributed by atoms with E-state index in [1.165, 1.54) is 46.8 Å². The van der Waals surface area contributed by atoms with Gasteiger partial charge in [0.05, 0.1) is 15.4 Å². The molecule has 0 spiro atoms. The topological polar surface area (TPSA) is 107 Å². The normalized spacial score (nSPS) is 15.9. The van der Waals surface area contributed by atoms with Gasteiger partial charge in [-0.05, 0) is 43.5 Å². The lowest BCUT2D eigenvalue weighted by atomic mass is 10.1. The van der Waals surface area contributed by atoms with Gasteiger partial charge in [0.15, 0.2) is 0 Å². The van der Waals surface area contributed by atoms with E-state index in [0.717, 1.165) is 12.8 Å².